The zero-order valence-electron chi connectivity index (χ0n) is 10.9. The molecule has 0 spiro atoms. The molecule has 1 saturated heterocycles. The molecule has 0 radical (unpaired) electrons. The second-order valence-corrected chi connectivity index (χ2v) is 5.26. The molecule has 4 nitrogen and oxygen atoms in total. The van der Waals surface area contributed by atoms with Crippen LogP contribution in [0.2, 0.25) is 0 Å². The van der Waals surface area contributed by atoms with E-state index >= 15 is 0 Å². The third-order valence-electron chi connectivity index (χ3n) is 2.86. The molecule has 5 heteroatoms. The fraction of sp³-hybridized carbons (Fsp3) is 0.538. The zero-order chi connectivity index (χ0) is 13.0. The van der Waals surface area contributed by atoms with Crippen LogP contribution in [0.25, 0.3) is 0 Å². The van der Waals surface area contributed by atoms with E-state index in [-0.39, 0.29) is 0 Å². The summed E-state index contributed by atoms with van der Waals surface area (Å²) in [6.45, 7) is 6.35. The maximum atomic E-state index is 5.19. The second kappa shape index (κ2) is 6.00. The highest BCUT2D eigenvalue weighted by atomic mass is 32.1. The van der Waals surface area contributed by atoms with Gasteiger partial charge in [0.25, 0.3) is 0 Å². The number of aromatic nitrogens is 1. The minimum absolute atomic E-state index is 0.335. The van der Waals surface area contributed by atoms with Gasteiger partial charge in [0, 0.05) is 19.1 Å². The first kappa shape index (κ1) is 13.1. The van der Waals surface area contributed by atoms with Crippen molar-refractivity contribution < 1.29 is 0 Å². The molecule has 0 atom stereocenters. The van der Waals surface area contributed by atoms with Crippen molar-refractivity contribution in [2.24, 2.45) is 0 Å². The van der Waals surface area contributed by atoms with E-state index in [1.54, 1.807) is 0 Å². The predicted molar refractivity (Wildman–Crippen MR) is 80.2 cm³/mol. The fourth-order valence-corrected chi connectivity index (χ4v) is 2.38. The first-order valence-electron chi connectivity index (χ1n) is 6.43. The number of nitrogens with one attached hydrogen (secondary N) is 2. The Hall–Kier alpha value is -1.36. The second-order valence-electron chi connectivity index (χ2n) is 4.85. The van der Waals surface area contributed by atoms with E-state index in [9.17, 15) is 0 Å². The van der Waals surface area contributed by atoms with Crippen molar-refractivity contribution in [3.05, 3.63) is 18.3 Å². The molecule has 98 valence electrons. The number of pyridine rings is 1. The molecule has 0 unspecified atom stereocenters. The molecule has 2 heterocycles. The summed E-state index contributed by atoms with van der Waals surface area (Å²) in [4.78, 5) is 6.78. The molecule has 1 fully saturated rings. The van der Waals surface area contributed by atoms with Crippen LogP contribution in [0.1, 0.15) is 26.7 Å². The summed E-state index contributed by atoms with van der Waals surface area (Å²) in [6, 6.07) is 4.41. The summed E-state index contributed by atoms with van der Waals surface area (Å²) in [5.41, 5.74) is 0.927. The van der Waals surface area contributed by atoms with Crippen LogP contribution in [0.5, 0.6) is 0 Å². The summed E-state index contributed by atoms with van der Waals surface area (Å²) in [5.74, 6) is 1.06. The minimum atomic E-state index is 0.335. The molecule has 1 aliphatic heterocycles. The van der Waals surface area contributed by atoms with E-state index in [4.69, 9.17) is 12.2 Å². The van der Waals surface area contributed by atoms with E-state index in [2.05, 4.69) is 34.4 Å². The quantitative estimate of drug-likeness (QED) is 0.820. The van der Waals surface area contributed by atoms with E-state index < -0.39 is 0 Å². The first-order chi connectivity index (χ1) is 8.65. The molecule has 1 aliphatic rings. The summed E-state index contributed by atoms with van der Waals surface area (Å²) < 4.78 is 0. The van der Waals surface area contributed by atoms with Crippen LogP contribution in [0.4, 0.5) is 11.5 Å². The van der Waals surface area contributed by atoms with Gasteiger partial charge in [-0.1, -0.05) is 0 Å². The highest BCUT2D eigenvalue weighted by Crippen LogP contribution is 2.18. The number of hydrogen-bond acceptors (Lipinski definition) is 3. The largest absolute Gasteiger partial charge is 0.360 e. The predicted octanol–water partition coefficient (Wildman–Crippen LogP) is 2.38. The van der Waals surface area contributed by atoms with Gasteiger partial charge < -0.3 is 15.5 Å². The van der Waals surface area contributed by atoms with Gasteiger partial charge in [0.1, 0.15) is 5.82 Å². The SMILES string of the molecule is CC(C)NC(=S)Nc1ccc(N2CCCC2)nc1. The maximum Gasteiger partial charge on any atom is 0.171 e. The van der Waals surface area contributed by atoms with Crippen molar-refractivity contribution >= 4 is 28.8 Å². The monoisotopic (exact) mass is 264 g/mol. The van der Waals surface area contributed by atoms with Gasteiger partial charge in [-0.05, 0) is 51.0 Å². The van der Waals surface area contributed by atoms with Crippen molar-refractivity contribution in [2.45, 2.75) is 32.7 Å². The number of anilines is 2. The molecular formula is C13H20N4S. The molecule has 18 heavy (non-hydrogen) atoms. The summed E-state index contributed by atoms with van der Waals surface area (Å²) in [6.07, 6.45) is 4.37. The molecule has 2 rings (SSSR count). The van der Waals surface area contributed by atoms with E-state index in [0.717, 1.165) is 24.6 Å². The minimum Gasteiger partial charge on any atom is -0.360 e. The molecule has 0 aliphatic carbocycles. The van der Waals surface area contributed by atoms with E-state index in [1.807, 2.05) is 18.3 Å². The Morgan fingerprint density at radius 3 is 2.61 bits per heavy atom. The highest BCUT2D eigenvalue weighted by molar-refractivity contribution is 7.80. The number of thiocarbonyl (C=S) groups is 1. The van der Waals surface area contributed by atoms with E-state index in [0.29, 0.717) is 11.2 Å². The van der Waals surface area contributed by atoms with Gasteiger partial charge in [0.05, 0.1) is 11.9 Å². The molecule has 1 aromatic rings. The Balaban J connectivity index is 1.93. The van der Waals surface area contributed by atoms with E-state index in [1.165, 1.54) is 12.8 Å². The fourth-order valence-electron chi connectivity index (χ4n) is 2.02. The van der Waals surface area contributed by atoms with Gasteiger partial charge in [-0.25, -0.2) is 4.98 Å². The molecule has 2 N–H and O–H groups in total. The smallest absolute Gasteiger partial charge is 0.171 e. The first-order valence-corrected chi connectivity index (χ1v) is 6.84. The van der Waals surface area contributed by atoms with Crippen LogP contribution >= 0.6 is 12.2 Å². The topological polar surface area (TPSA) is 40.2 Å². The van der Waals surface area contributed by atoms with Gasteiger partial charge in [-0.2, -0.15) is 0 Å². The Morgan fingerprint density at radius 1 is 1.33 bits per heavy atom. The van der Waals surface area contributed by atoms with Crippen LogP contribution in [0.15, 0.2) is 18.3 Å². The van der Waals surface area contributed by atoms with Gasteiger partial charge in [0.15, 0.2) is 5.11 Å². The van der Waals surface area contributed by atoms with Crippen LogP contribution in [-0.2, 0) is 0 Å². The van der Waals surface area contributed by atoms with Crippen molar-refractivity contribution in [3.8, 4) is 0 Å². The summed E-state index contributed by atoms with van der Waals surface area (Å²) in [5, 5.41) is 6.91. The zero-order valence-corrected chi connectivity index (χ0v) is 11.8. The standard InChI is InChI=1S/C13H20N4S/c1-10(2)15-13(18)16-11-5-6-12(14-9-11)17-7-3-4-8-17/h5-6,9-10H,3-4,7-8H2,1-2H3,(H2,15,16,18). The lowest BCUT2D eigenvalue weighted by atomic mass is 10.4. The maximum absolute atomic E-state index is 5.19. The average molecular weight is 264 g/mol. The van der Waals surface area contributed by atoms with Crippen molar-refractivity contribution in [1.82, 2.24) is 10.3 Å². The van der Waals surface area contributed by atoms with Crippen molar-refractivity contribution in [2.75, 3.05) is 23.3 Å². The van der Waals surface area contributed by atoms with Crippen LogP contribution in [-0.4, -0.2) is 29.2 Å². The number of hydrogen-bond donors (Lipinski definition) is 2. The Morgan fingerprint density at radius 2 is 2.06 bits per heavy atom. The van der Waals surface area contributed by atoms with Gasteiger partial charge in [0.2, 0.25) is 0 Å². The molecule has 0 bridgehead atoms. The van der Waals surface area contributed by atoms with Gasteiger partial charge >= 0.3 is 0 Å². The highest BCUT2D eigenvalue weighted by Gasteiger charge is 2.12. The number of nitrogens with zero attached hydrogens (tertiary/aromatic N) is 2. The lowest BCUT2D eigenvalue weighted by Crippen LogP contribution is -2.33. The molecule has 1 aromatic heterocycles. The number of rotatable bonds is 3. The Labute approximate surface area is 114 Å². The normalized spacial score (nSPS) is 14.9. The molecule has 0 saturated carbocycles. The van der Waals surface area contributed by atoms with Gasteiger partial charge in [-0.15, -0.1) is 0 Å². The summed E-state index contributed by atoms with van der Waals surface area (Å²) in [7, 11) is 0. The molecule has 0 aromatic carbocycles. The van der Waals surface area contributed by atoms with Crippen LogP contribution < -0.4 is 15.5 Å². The van der Waals surface area contributed by atoms with Crippen molar-refractivity contribution in [3.63, 3.8) is 0 Å². The average Bonchev–Trinajstić information content (AvgIpc) is 2.82. The molecular weight excluding hydrogens is 244 g/mol. The van der Waals surface area contributed by atoms with Crippen LogP contribution in [0.3, 0.4) is 0 Å². The van der Waals surface area contributed by atoms with Crippen molar-refractivity contribution in [1.29, 1.82) is 0 Å². The summed E-state index contributed by atoms with van der Waals surface area (Å²) >= 11 is 5.19. The van der Waals surface area contributed by atoms with Gasteiger partial charge in [-0.3, -0.25) is 0 Å². The van der Waals surface area contributed by atoms with Crippen LogP contribution in [0, 0.1) is 0 Å². The third kappa shape index (κ3) is 3.57. The lowest BCUT2D eigenvalue weighted by molar-refractivity contribution is 0.739. The molecule has 0 amide bonds. The Kier molecular flexibility index (Phi) is 4.36. The lowest BCUT2D eigenvalue weighted by Gasteiger charge is -2.17. The third-order valence-corrected chi connectivity index (χ3v) is 3.08. The Bertz CT molecular complexity index is 396.